The molecule has 0 aliphatic carbocycles. The third-order valence-electron chi connectivity index (χ3n) is 5.31. The molecule has 156 valence electrons. The smallest absolute Gasteiger partial charge is 0.276 e. The second-order valence-corrected chi connectivity index (χ2v) is 8.09. The first-order chi connectivity index (χ1) is 14.8. The molecular weight excluding hydrogens is 404 g/mol. The van der Waals surface area contributed by atoms with Gasteiger partial charge in [0.2, 0.25) is 5.95 Å². The highest BCUT2D eigenvalue weighted by molar-refractivity contribution is 7.13. The Morgan fingerprint density at radius 1 is 1.03 bits per heavy atom. The summed E-state index contributed by atoms with van der Waals surface area (Å²) in [6.07, 6.45) is 1.80. The summed E-state index contributed by atoms with van der Waals surface area (Å²) < 4.78 is 10.8. The van der Waals surface area contributed by atoms with Crippen molar-refractivity contribution in [3.8, 4) is 10.6 Å². The van der Waals surface area contributed by atoms with E-state index in [9.17, 15) is 4.79 Å². The van der Waals surface area contributed by atoms with Gasteiger partial charge in [0.15, 0.2) is 11.5 Å². The summed E-state index contributed by atoms with van der Waals surface area (Å²) in [5.41, 5.74) is 0.350. The predicted octanol–water partition coefficient (Wildman–Crippen LogP) is 1.99. The molecule has 1 amide bonds. The topological polar surface area (TPSA) is 87.8 Å². The molecule has 0 radical (unpaired) electrons. The fraction of sp³-hybridized carbons (Fsp3) is 0.400. The molecule has 3 aromatic heterocycles. The van der Waals surface area contributed by atoms with Crippen molar-refractivity contribution >= 4 is 29.0 Å². The minimum Gasteiger partial charge on any atom is -0.378 e. The van der Waals surface area contributed by atoms with Crippen LogP contribution in [0.25, 0.3) is 10.6 Å². The highest BCUT2D eigenvalue weighted by Crippen LogP contribution is 2.26. The molecular formula is C20H22N6O3S. The molecule has 0 N–H and O–H groups in total. The van der Waals surface area contributed by atoms with Gasteiger partial charge in [0.05, 0.1) is 18.1 Å². The Labute approximate surface area is 177 Å². The number of morpholine rings is 1. The average molecular weight is 427 g/mol. The first-order valence-electron chi connectivity index (χ1n) is 9.98. The molecule has 2 fully saturated rings. The molecule has 3 aromatic rings. The number of hydrogen-bond acceptors (Lipinski definition) is 9. The number of carbonyl (C=O) groups excluding carboxylic acids is 1. The van der Waals surface area contributed by atoms with Gasteiger partial charge in [0.1, 0.15) is 5.82 Å². The lowest BCUT2D eigenvalue weighted by Crippen LogP contribution is -2.49. The lowest BCUT2D eigenvalue weighted by atomic mass is 10.2. The van der Waals surface area contributed by atoms with E-state index in [-0.39, 0.29) is 5.91 Å². The maximum absolute atomic E-state index is 12.8. The summed E-state index contributed by atoms with van der Waals surface area (Å²) >= 11 is 1.56. The van der Waals surface area contributed by atoms with Gasteiger partial charge in [-0.15, -0.1) is 11.3 Å². The van der Waals surface area contributed by atoms with E-state index in [1.54, 1.807) is 23.6 Å². The molecule has 5 rings (SSSR count). The van der Waals surface area contributed by atoms with Crippen LogP contribution < -0.4 is 9.80 Å². The first-order valence-corrected chi connectivity index (χ1v) is 10.9. The Morgan fingerprint density at radius 2 is 1.87 bits per heavy atom. The van der Waals surface area contributed by atoms with E-state index < -0.39 is 0 Å². The van der Waals surface area contributed by atoms with Crippen LogP contribution in [0, 0.1) is 0 Å². The average Bonchev–Trinajstić information content (AvgIpc) is 3.52. The van der Waals surface area contributed by atoms with Crippen LogP contribution in [0.3, 0.4) is 0 Å². The van der Waals surface area contributed by atoms with E-state index in [1.165, 1.54) is 0 Å². The minimum atomic E-state index is -0.0992. The summed E-state index contributed by atoms with van der Waals surface area (Å²) in [6.45, 7) is 5.64. The quantitative estimate of drug-likeness (QED) is 0.626. The fourth-order valence-electron chi connectivity index (χ4n) is 3.64. The van der Waals surface area contributed by atoms with E-state index in [1.807, 2.05) is 28.5 Å². The number of aromatic nitrogens is 3. The number of ether oxygens (including phenoxy) is 1. The molecule has 0 spiro atoms. The maximum Gasteiger partial charge on any atom is 0.276 e. The highest BCUT2D eigenvalue weighted by atomic mass is 32.1. The molecule has 2 saturated heterocycles. The van der Waals surface area contributed by atoms with Gasteiger partial charge in [-0.3, -0.25) is 4.79 Å². The van der Waals surface area contributed by atoms with Crippen molar-refractivity contribution < 1.29 is 14.1 Å². The molecule has 2 aliphatic rings. The Kier molecular flexibility index (Phi) is 5.33. The summed E-state index contributed by atoms with van der Waals surface area (Å²) in [7, 11) is 0. The molecule has 0 aromatic carbocycles. The van der Waals surface area contributed by atoms with Gasteiger partial charge >= 0.3 is 0 Å². The molecule has 0 bridgehead atoms. The van der Waals surface area contributed by atoms with Crippen LogP contribution in [0.4, 0.5) is 11.8 Å². The van der Waals surface area contributed by atoms with E-state index in [2.05, 4.69) is 19.9 Å². The number of piperazine rings is 1. The predicted molar refractivity (Wildman–Crippen MR) is 113 cm³/mol. The van der Waals surface area contributed by atoms with E-state index in [4.69, 9.17) is 14.2 Å². The molecule has 2 aliphatic heterocycles. The number of thiophene rings is 1. The van der Waals surface area contributed by atoms with Gasteiger partial charge in [0.25, 0.3) is 5.91 Å². The lowest BCUT2D eigenvalue weighted by Gasteiger charge is -2.35. The van der Waals surface area contributed by atoms with Gasteiger partial charge in [-0.05, 0) is 17.5 Å². The van der Waals surface area contributed by atoms with Crippen LogP contribution in [0.5, 0.6) is 0 Å². The van der Waals surface area contributed by atoms with E-state index in [0.717, 1.165) is 29.7 Å². The van der Waals surface area contributed by atoms with Crippen molar-refractivity contribution in [2.45, 2.75) is 0 Å². The summed E-state index contributed by atoms with van der Waals surface area (Å²) in [5.74, 6) is 2.15. The summed E-state index contributed by atoms with van der Waals surface area (Å²) in [6, 6.07) is 7.54. The maximum atomic E-state index is 12.8. The molecule has 30 heavy (non-hydrogen) atoms. The van der Waals surface area contributed by atoms with Crippen LogP contribution in [0.2, 0.25) is 0 Å². The van der Waals surface area contributed by atoms with Crippen molar-refractivity contribution in [1.29, 1.82) is 0 Å². The first kappa shape index (κ1) is 19.0. The Balaban J connectivity index is 1.22. The molecule has 0 atom stereocenters. The molecule has 10 heteroatoms. The largest absolute Gasteiger partial charge is 0.378 e. The van der Waals surface area contributed by atoms with Crippen molar-refractivity contribution in [2.24, 2.45) is 0 Å². The lowest BCUT2D eigenvalue weighted by molar-refractivity contribution is 0.0736. The third kappa shape index (κ3) is 3.88. The van der Waals surface area contributed by atoms with Crippen LogP contribution >= 0.6 is 11.3 Å². The van der Waals surface area contributed by atoms with Gasteiger partial charge in [-0.2, -0.15) is 4.98 Å². The number of anilines is 2. The van der Waals surface area contributed by atoms with Crippen LogP contribution in [0.15, 0.2) is 40.4 Å². The third-order valence-corrected chi connectivity index (χ3v) is 6.19. The number of rotatable bonds is 4. The normalized spacial score (nSPS) is 17.4. The SMILES string of the molecule is O=C(c1cc(-c2cccs2)on1)N1CCN(c2ccnc(N3CCOCC3)n2)CC1. The van der Waals surface area contributed by atoms with Crippen molar-refractivity contribution in [3.63, 3.8) is 0 Å². The van der Waals surface area contributed by atoms with E-state index in [0.29, 0.717) is 50.8 Å². The number of hydrogen-bond donors (Lipinski definition) is 0. The van der Waals surface area contributed by atoms with E-state index >= 15 is 0 Å². The molecule has 5 heterocycles. The van der Waals surface area contributed by atoms with Crippen LogP contribution in [0.1, 0.15) is 10.5 Å². The highest BCUT2D eigenvalue weighted by Gasteiger charge is 2.26. The zero-order valence-electron chi connectivity index (χ0n) is 16.4. The minimum absolute atomic E-state index is 0.0992. The van der Waals surface area contributed by atoms with Crippen molar-refractivity contribution in [3.05, 3.63) is 41.5 Å². The summed E-state index contributed by atoms with van der Waals surface area (Å²) in [5, 5.41) is 5.95. The summed E-state index contributed by atoms with van der Waals surface area (Å²) in [4.78, 5) is 29.1. The van der Waals surface area contributed by atoms with Gasteiger partial charge in [-0.25, -0.2) is 4.98 Å². The second-order valence-electron chi connectivity index (χ2n) is 7.15. The standard InChI is InChI=1S/C20H22N6O3S/c27-19(15-14-16(29-23-15)17-2-1-13-30-17)25-7-5-24(6-8-25)18-3-4-21-20(22-18)26-9-11-28-12-10-26/h1-4,13-14H,5-12H2. The van der Waals surface area contributed by atoms with Gasteiger partial charge < -0.3 is 24.0 Å². The van der Waals surface area contributed by atoms with Crippen LogP contribution in [-0.4, -0.2) is 78.4 Å². The second kappa shape index (κ2) is 8.41. The Morgan fingerprint density at radius 3 is 2.63 bits per heavy atom. The van der Waals surface area contributed by atoms with Gasteiger partial charge in [0, 0.05) is 51.5 Å². The number of nitrogens with zero attached hydrogens (tertiary/aromatic N) is 6. The van der Waals surface area contributed by atoms with Crippen molar-refractivity contribution in [2.75, 3.05) is 62.3 Å². The Hall–Kier alpha value is -2.98. The fourth-order valence-corrected chi connectivity index (χ4v) is 4.32. The monoisotopic (exact) mass is 426 g/mol. The molecule has 9 nitrogen and oxygen atoms in total. The number of carbonyl (C=O) groups is 1. The van der Waals surface area contributed by atoms with Crippen molar-refractivity contribution in [1.82, 2.24) is 20.0 Å². The Bertz CT molecular complexity index is 994. The zero-order valence-corrected chi connectivity index (χ0v) is 17.3. The number of amides is 1. The molecule has 0 saturated carbocycles. The molecule has 0 unspecified atom stereocenters. The zero-order chi connectivity index (χ0) is 20.3. The van der Waals surface area contributed by atoms with Gasteiger partial charge in [-0.1, -0.05) is 11.2 Å². The van der Waals surface area contributed by atoms with Crippen LogP contribution in [-0.2, 0) is 4.74 Å².